The summed E-state index contributed by atoms with van der Waals surface area (Å²) in [5.74, 6) is -0.694. The van der Waals surface area contributed by atoms with Gasteiger partial charge in [-0.05, 0) is 37.1 Å². The van der Waals surface area contributed by atoms with E-state index in [1.54, 1.807) is 24.3 Å². The lowest BCUT2D eigenvalue weighted by Crippen LogP contribution is -2.41. The molecular weight excluding hydrogens is 454 g/mol. The summed E-state index contributed by atoms with van der Waals surface area (Å²) >= 11 is 6.53. The first-order valence-electron chi connectivity index (χ1n) is 9.44. The normalized spacial score (nSPS) is 15.5. The maximum atomic E-state index is 12.6. The number of amides is 2. The van der Waals surface area contributed by atoms with Gasteiger partial charge in [-0.15, -0.1) is 4.83 Å². The Morgan fingerprint density at radius 2 is 1.81 bits per heavy atom. The van der Waals surface area contributed by atoms with Crippen molar-refractivity contribution >= 4 is 56.2 Å². The van der Waals surface area contributed by atoms with Crippen molar-refractivity contribution in [3.05, 3.63) is 70.6 Å². The van der Waals surface area contributed by atoms with Crippen LogP contribution in [0.15, 0.2) is 64.4 Å². The number of carbonyl (C=O) groups excluding carboxylic acids is 2. The molecule has 0 bridgehead atoms. The minimum atomic E-state index is -3.83. The van der Waals surface area contributed by atoms with Gasteiger partial charge in [0.1, 0.15) is 4.32 Å². The van der Waals surface area contributed by atoms with E-state index in [4.69, 9.17) is 12.2 Å². The van der Waals surface area contributed by atoms with E-state index >= 15 is 0 Å². The molecule has 2 N–H and O–H groups in total. The molecule has 0 saturated carbocycles. The first-order chi connectivity index (χ1) is 14.8. The molecule has 0 aliphatic carbocycles. The first kappa shape index (κ1) is 23.1. The minimum absolute atomic E-state index is 0.0331. The SMILES string of the molecule is Cc1ccc(/C=C2/SC(=S)N(CCCC(=O)NNS(=O)(=O)c3ccccc3)C2=O)cc1. The molecule has 1 saturated heterocycles. The lowest BCUT2D eigenvalue weighted by Gasteiger charge is -2.14. The van der Waals surface area contributed by atoms with Gasteiger partial charge in [0.15, 0.2) is 0 Å². The van der Waals surface area contributed by atoms with Gasteiger partial charge in [-0.2, -0.15) is 0 Å². The maximum absolute atomic E-state index is 12.6. The number of thiocarbonyl (C=S) groups is 1. The van der Waals surface area contributed by atoms with Crippen LogP contribution in [-0.4, -0.2) is 36.0 Å². The number of hydrazine groups is 1. The Morgan fingerprint density at radius 3 is 2.48 bits per heavy atom. The first-order valence-corrected chi connectivity index (χ1v) is 12.1. The number of thioether (sulfide) groups is 1. The van der Waals surface area contributed by atoms with E-state index in [1.165, 1.54) is 28.8 Å². The second-order valence-corrected chi connectivity index (χ2v) is 10.2. The fourth-order valence-electron chi connectivity index (χ4n) is 2.75. The molecule has 2 amide bonds. The summed E-state index contributed by atoms with van der Waals surface area (Å²) in [5, 5.41) is 0. The van der Waals surface area contributed by atoms with E-state index in [2.05, 4.69) is 10.3 Å². The number of sulfonamides is 1. The molecule has 0 aromatic heterocycles. The highest BCUT2D eigenvalue weighted by atomic mass is 32.2. The van der Waals surface area contributed by atoms with Crippen molar-refractivity contribution in [3.63, 3.8) is 0 Å². The van der Waals surface area contributed by atoms with Gasteiger partial charge in [-0.3, -0.25) is 19.9 Å². The molecule has 10 heteroatoms. The van der Waals surface area contributed by atoms with Gasteiger partial charge in [-0.25, -0.2) is 8.42 Å². The summed E-state index contributed by atoms with van der Waals surface area (Å²) in [6, 6.07) is 15.5. The van der Waals surface area contributed by atoms with E-state index in [1.807, 2.05) is 31.2 Å². The summed E-state index contributed by atoms with van der Waals surface area (Å²) in [7, 11) is -3.83. The maximum Gasteiger partial charge on any atom is 0.266 e. The number of rotatable bonds is 8. The van der Waals surface area contributed by atoms with Crippen LogP contribution in [0.3, 0.4) is 0 Å². The van der Waals surface area contributed by atoms with Crippen molar-refractivity contribution in [3.8, 4) is 0 Å². The van der Waals surface area contributed by atoms with Gasteiger partial charge in [0, 0.05) is 13.0 Å². The predicted octanol–water partition coefficient (Wildman–Crippen LogP) is 2.99. The Hall–Kier alpha value is -2.53. The lowest BCUT2D eigenvalue weighted by atomic mass is 10.1. The molecule has 0 unspecified atom stereocenters. The molecule has 0 radical (unpaired) electrons. The van der Waals surface area contributed by atoms with Gasteiger partial charge in [0.25, 0.3) is 15.9 Å². The number of nitrogens with one attached hydrogen (secondary N) is 2. The van der Waals surface area contributed by atoms with Crippen molar-refractivity contribution in [1.82, 2.24) is 15.2 Å². The van der Waals surface area contributed by atoms with E-state index in [-0.39, 0.29) is 23.8 Å². The molecule has 1 heterocycles. The Morgan fingerprint density at radius 1 is 1.13 bits per heavy atom. The van der Waals surface area contributed by atoms with Crippen LogP contribution in [-0.2, 0) is 19.6 Å². The second kappa shape index (κ2) is 10.2. The third-order valence-electron chi connectivity index (χ3n) is 4.41. The summed E-state index contributed by atoms with van der Waals surface area (Å²) < 4.78 is 24.6. The summed E-state index contributed by atoms with van der Waals surface area (Å²) in [6.45, 7) is 2.26. The number of aryl methyl sites for hydroxylation is 1. The largest absolute Gasteiger partial charge is 0.293 e. The molecule has 162 valence electrons. The van der Waals surface area contributed by atoms with Crippen LogP contribution in [0, 0.1) is 6.92 Å². The standard InChI is InChI=1S/C21H21N3O4S3/c1-15-9-11-16(12-10-15)14-18-20(26)24(21(29)30-18)13-5-8-19(25)22-23-31(27,28)17-6-3-2-4-7-17/h2-4,6-7,9-12,14,23H,5,8,13H2,1H3,(H,22,25)/b18-14+. The number of carbonyl (C=O) groups is 2. The topological polar surface area (TPSA) is 95.6 Å². The van der Waals surface area contributed by atoms with Gasteiger partial charge < -0.3 is 0 Å². The van der Waals surface area contributed by atoms with Crippen molar-refractivity contribution in [2.45, 2.75) is 24.7 Å². The zero-order valence-electron chi connectivity index (χ0n) is 16.7. The Kier molecular flexibility index (Phi) is 7.60. The van der Waals surface area contributed by atoms with Crippen LogP contribution in [0.2, 0.25) is 0 Å². The monoisotopic (exact) mass is 475 g/mol. The van der Waals surface area contributed by atoms with Gasteiger partial charge in [0.05, 0.1) is 9.80 Å². The van der Waals surface area contributed by atoms with Crippen molar-refractivity contribution < 1.29 is 18.0 Å². The number of hydrogen-bond donors (Lipinski definition) is 2. The number of nitrogens with zero attached hydrogens (tertiary/aromatic N) is 1. The highest BCUT2D eigenvalue weighted by molar-refractivity contribution is 8.26. The molecule has 3 rings (SSSR count). The van der Waals surface area contributed by atoms with Gasteiger partial charge in [0.2, 0.25) is 5.91 Å². The lowest BCUT2D eigenvalue weighted by molar-refractivity contribution is -0.124. The zero-order valence-corrected chi connectivity index (χ0v) is 19.1. The van der Waals surface area contributed by atoms with Gasteiger partial charge >= 0.3 is 0 Å². The molecular formula is C21H21N3O4S3. The van der Waals surface area contributed by atoms with Crippen molar-refractivity contribution in [1.29, 1.82) is 0 Å². The van der Waals surface area contributed by atoms with Crippen LogP contribution >= 0.6 is 24.0 Å². The molecule has 0 spiro atoms. The van der Waals surface area contributed by atoms with Crippen molar-refractivity contribution in [2.24, 2.45) is 0 Å². The smallest absolute Gasteiger partial charge is 0.266 e. The molecule has 1 aliphatic heterocycles. The number of hydrogen-bond acceptors (Lipinski definition) is 6. The highest BCUT2D eigenvalue weighted by Gasteiger charge is 2.31. The van der Waals surface area contributed by atoms with Crippen molar-refractivity contribution in [2.75, 3.05) is 6.54 Å². The van der Waals surface area contributed by atoms with Crippen LogP contribution in [0.25, 0.3) is 6.08 Å². The fraction of sp³-hybridized carbons (Fsp3) is 0.190. The van der Waals surface area contributed by atoms with Crippen LogP contribution in [0.5, 0.6) is 0 Å². The van der Waals surface area contributed by atoms with Crippen LogP contribution in [0.1, 0.15) is 24.0 Å². The summed E-state index contributed by atoms with van der Waals surface area (Å²) in [4.78, 5) is 28.7. The highest BCUT2D eigenvalue weighted by Crippen LogP contribution is 2.32. The van der Waals surface area contributed by atoms with Crippen LogP contribution in [0.4, 0.5) is 0 Å². The fourth-order valence-corrected chi connectivity index (χ4v) is 4.94. The average molecular weight is 476 g/mol. The van der Waals surface area contributed by atoms with Crippen LogP contribution < -0.4 is 10.3 Å². The Balaban J connectivity index is 1.48. The molecule has 31 heavy (non-hydrogen) atoms. The Bertz CT molecular complexity index is 1110. The molecule has 1 fully saturated rings. The second-order valence-electron chi connectivity index (χ2n) is 6.81. The predicted molar refractivity (Wildman–Crippen MR) is 125 cm³/mol. The average Bonchev–Trinajstić information content (AvgIpc) is 3.02. The third-order valence-corrected chi connectivity index (χ3v) is 7.05. The minimum Gasteiger partial charge on any atom is -0.293 e. The zero-order chi connectivity index (χ0) is 22.4. The Labute approximate surface area is 190 Å². The summed E-state index contributed by atoms with van der Waals surface area (Å²) in [6.07, 6.45) is 2.17. The van der Waals surface area contributed by atoms with Gasteiger partial charge in [-0.1, -0.05) is 72.0 Å². The van der Waals surface area contributed by atoms with E-state index in [0.717, 1.165) is 11.1 Å². The molecule has 2 aromatic rings. The summed E-state index contributed by atoms with van der Waals surface area (Å²) in [5.41, 5.74) is 4.23. The quantitative estimate of drug-likeness (QED) is 0.346. The molecule has 1 aliphatic rings. The number of benzene rings is 2. The third kappa shape index (κ3) is 6.23. The van der Waals surface area contributed by atoms with E-state index in [0.29, 0.717) is 15.6 Å². The molecule has 7 nitrogen and oxygen atoms in total. The van der Waals surface area contributed by atoms with E-state index in [9.17, 15) is 18.0 Å². The molecule has 2 aromatic carbocycles. The van der Waals surface area contributed by atoms with E-state index < -0.39 is 15.9 Å². The molecule has 0 atom stereocenters.